The van der Waals surface area contributed by atoms with Gasteiger partial charge in [0.2, 0.25) is 0 Å². The molecule has 22 heavy (non-hydrogen) atoms. The molecule has 0 radical (unpaired) electrons. The molecular formula is C15H19N3O4. The molecule has 1 aromatic heterocycles. The highest BCUT2D eigenvalue weighted by atomic mass is 16.6. The van der Waals surface area contributed by atoms with Gasteiger partial charge in [-0.05, 0) is 19.1 Å². The highest BCUT2D eigenvalue weighted by Gasteiger charge is 2.15. The molecule has 7 heteroatoms. The van der Waals surface area contributed by atoms with Crippen molar-refractivity contribution >= 4 is 22.3 Å². The van der Waals surface area contributed by atoms with Crippen molar-refractivity contribution < 1.29 is 14.8 Å². The number of nitro benzene ring substituents is 1. The lowest BCUT2D eigenvalue weighted by Crippen LogP contribution is -2.32. The van der Waals surface area contributed by atoms with E-state index in [0.717, 1.165) is 11.4 Å². The average molecular weight is 305 g/mol. The van der Waals surface area contributed by atoms with Gasteiger partial charge in [-0.25, -0.2) is 0 Å². The van der Waals surface area contributed by atoms with Crippen molar-refractivity contribution in [1.29, 1.82) is 0 Å². The number of pyridine rings is 1. The lowest BCUT2D eigenvalue weighted by atomic mass is 10.1. The third-order valence-electron chi connectivity index (χ3n) is 3.36. The van der Waals surface area contributed by atoms with E-state index >= 15 is 0 Å². The predicted octanol–water partition coefficient (Wildman–Crippen LogP) is 1.89. The molecule has 2 aromatic rings. The molecule has 0 amide bonds. The van der Waals surface area contributed by atoms with E-state index < -0.39 is 11.0 Å². The number of non-ortho nitro benzene ring substituents is 1. The first-order valence-corrected chi connectivity index (χ1v) is 6.86. The first-order valence-electron chi connectivity index (χ1n) is 6.86. The van der Waals surface area contributed by atoms with Gasteiger partial charge in [0.1, 0.15) is 0 Å². The van der Waals surface area contributed by atoms with E-state index in [2.05, 4.69) is 4.98 Å². The third kappa shape index (κ3) is 3.49. The van der Waals surface area contributed by atoms with E-state index in [9.17, 15) is 15.2 Å². The summed E-state index contributed by atoms with van der Waals surface area (Å²) in [5.41, 5.74) is 2.31. The standard InChI is InChI=1S/C15H19N3O4/c1-10-6-15(17(2)8-12(19)9-22-3)13-7-11(18(20)21)4-5-14(13)16-10/h4-7,12,19H,8-9H2,1-3H3. The van der Waals surface area contributed by atoms with Crippen LogP contribution < -0.4 is 4.90 Å². The lowest BCUT2D eigenvalue weighted by molar-refractivity contribution is -0.384. The van der Waals surface area contributed by atoms with E-state index in [4.69, 9.17) is 4.74 Å². The summed E-state index contributed by atoms with van der Waals surface area (Å²) < 4.78 is 4.92. The maximum atomic E-state index is 11.0. The number of nitro groups is 1. The molecule has 1 heterocycles. The Hall–Kier alpha value is -2.25. The molecule has 7 nitrogen and oxygen atoms in total. The summed E-state index contributed by atoms with van der Waals surface area (Å²) in [6, 6.07) is 6.45. The Kier molecular flexibility index (Phi) is 4.89. The van der Waals surface area contributed by atoms with Crippen molar-refractivity contribution in [3.05, 3.63) is 40.1 Å². The number of hydrogen-bond donors (Lipinski definition) is 1. The van der Waals surface area contributed by atoms with Gasteiger partial charge in [-0.1, -0.05) is 0 Å². The molecule has 1 atom stereocenters. The zero-order chi connectivity index (χ0) is 16.3. The highest BCUT2D eigenvalue weighted by molar-refractivity contribution is 5.93. The number of likely N-dealkylation sites (N-methyl/N-ethyl adjacent to an activating group) is 1. The first-order chi connectivity index (χ1) is 10.4. The summed E-state index contributed by atoms with van der Waals surface area (Å²) in [5, 5.41) is 21.5. The summed E-state index contributed by atoms with van der Waals surface area (Å²) in [7, 11) is 3.35. The minimum absolute atomic E-state index is 0.0187. The van der Waals surface area contributed by atoms with Gasteiger partial charge < -0.3 is 14.7 Å². The van der Waals surface area contributed by atoms with E-state index in [1.54, 1.807) is 6.07 Å². The fourth-order valence-electron chi connectivity index (χ4n) is 2.41. The number of aromatic nitrogens is 1. The smallest absolute Gasteiger partial charge is 0.270 e. The normalized spacial score (nSPS) is 12.4. The summed E-state index contributed by atoms with van der Waals surface area (Å²) in [5.74, 6) is 0. The van der Waals surface area contributed by atoms with Crippen LogP contribution in [0.25, 0.3) is 10.9 Å². The van der Waals surface area contributed by atoms with Crippen molar-refractivity contribution in [2.45, 2.75) is 13.0 Å². The Labute approximate surface area is 128 Å². The number of methoxy groups -OCH3 is 1. The van der Waals surface area contributed by atoms with Crippen LogP contribution in [0.4, 0.5) is 11.4 Å². The molecule has 1 N–H and O–H groups in total. The number of aliphatic hydroxyl groups is 1. The molecule has 0 bridgehead atoms. The van der Waals surface area contributed by atoms with Crippen molar-refractivity contribution in [3.63, 3.8) is 0 Å². The van der Waals surface area contributed by atoms with Gasteiger partial charge >= 0.3 is 0 Å². The molecule has 1 unspecified atom stereocenters. The Balaban J connectivity index is 2.46. The second-order valence-electron chi connectivity index (χ2n) is 5.23. The number of nitrogens with zero attached hydrogens (tertiary/aromatic N) is 3. The van der Waals surface area contributed by atoms with Gasteiger partial charge in [-0.15, -0.1) is 0 Å². The fourth-order valence-corrected chi connectivity index (χ4v) is 2.41. The number of anilines is 1. The number of hydrogen-bond acceptors (Lipinski definition) is 6. The van der Waals surface area contributed by atoms with Crippen LogP contribution in [0.5, 0.6) is 0 Å². The Morgan fingerprint density at radius 1 is 1.45 bits per heavy atom. The summed E-state index contributed by atoms with van der Waals surface area (Å²) in [6.07, 6.45) is -0.641. The average Bonchev–Trinajstić information content (AvgIpc) is 2.45. The SMILES string of the molecule is COCC(O)CN(C)c1cc(C)nc2ccc([N+](=O)[O-])cc12. The van der Waals surface area contributed by atoms with E-state index in [-0.39, 0.29) is 12.3 Å². The molecule has 2 rings (SSSR count). The van der Waals surface area contributed by atoms with Crippen LogP contribution in [0.3, 0.4) is 0 Å². The van der Waals surface area contributed by atoms with Crippen LogP contribution in [0, 0.1) is 17.0 Å². The maximum Gasteiger partial charge on any atom is 0.270 e. The molecule has 1 aromatic carbocycles. The minimum atomic E-state index is -0.641. The number of rotatable bonds is 6. The van der Waals surface area contributed by atoms with Crippen molar-refractivity contribution in [3.8, 4) is 0 Å². The Morgan fingerprint density at radius 2 is 2.18 bits per heavy atom. The zero-order valence-corrected chi connectivity index (χ0v) is 12.8. The minimum Gasteiger partial charge on any atom is -0.389 e. The summed E-state index contributed by atoms with van der Waals surface area (Å²) >= 11 is 0. The molecule has 118 valence electrons. The van der Waals surface area contributed by atoms with Gasteiger partial charge in [0.05, 0.1) is 23.2 Å². The largest absolute Gasteiger partial charge is 0.389 e. The highest BCUT2D eigenvalue weighted by Crippen LogP contribution is 2.29. The molecule has 0 spiro atoms. The second-order valence-corrected chi connectivity index (χ2v) is 5.23. The number of benzene rings is 1. The molecule has 0 aliphatic heterocycles. The van der Waals surface area contributed by atoms with Crippen LogP contribution in [0.2, 0.25) is 0 Å². The predicted molar refractivity (Wildman–Crippen MR) is 84.3 cm³/mol. The Morgan fingerprint density at radius 3 is 2.82 bits per heavy atom. The van der Waals surface area contributed by atoms with Crippen LogP contribution in [0.15, 0.2) is 24.3 Å². The van der Waals surface area contributed by atoms with Crippen LogP contribution >= 0.6 is 0 Å². The van der Waals surface area contributed by atoms with Crippen molar-refractivity contribution in [2.24, 2.45) is 0 Å². The van der Waals surface area contributed by atoms with Crippen LogP contribution in [0.1, 0.15) is 5.69 Å². The fraction of sp³-hybridized carbons (Fsp3) is 0.400. The number of fused-ring (bicyclic) bond motifs is 1. The van der Waals surface area contributed by atoms with Gasteiger partial charge in [0.25, 0.3) is 5.69 Å². The first kappa shape index (κ1) is 16.1. The quantitative estimate of drug-likeness (QED) is 0.647. The van der Waals surface area contributed by atoms with Gasteiger partial charge in [-0.2, -0.15) is 0 Å². The van der Waals surface area contributed by atoms with Gasteiger partial charge in [0.15, 0.2) is 0 Å². The number of ether oxygens (including phenoxy) is 1. The molecule has 0 aliphatic carbocycles. The molecule has 0 saturated heterocycles. The van der Waals surface area contributed by atoms with E-state index in [1.807, 2.05) is 24.9 Å². The maximum absolute atomic E-state index is 11.0. The molecule has 0 aliphatic rings. The van der Waals surface area contributed by atoms with E-state index in [1.165, 1.54) is 19.2 Å². The topological polar surface area (TPSA) is 88.7 Å². The molecule has 0 fully saturated rings. The van der Waals surface area contributed by atoms with E-state index in [0.29, 0.717) is 17.4 Å². The molecule has 0 saturated carbocycles. The Bertz CT molecular complexity index is 690. The number of aliphatic hydroxyl groups excluding tert-OH is 1. The van der Waals surface area contributed by atoms with Crippen molar-refractivity contribution in [2.75, 3.05) is 32.2 Å². The summed E-state index contributed by atoms with van der Waals surface area (Å²) in [4.78, 5) is 16.8. The zero-order valence-electron chi connectivity index (χ0n) is 12.8. The van der Waals surface area contributed by atoms with Crippen LogP contribution in [-0.2, 0) is 4.74 Å². The second kappa shape index (κ2) is 6.67. The molecular weight excluding hydrogens is 286 g/mol. The summed E-state index contributed by atoms with van der Waals surface area (Å²) in [6.45, 7) is 2.45. The van der Waals surface area contributed by atoms with Crippen molar-refractivity contribution in [1.82, 2.24) is 4.98 Å². The van der Waals surface area contributed by atoms with Gasteiger partial charge in [-0.3, -0.25) is 15.1 Å². The van der Waals surface area contributed by atoms with Crippen LogP contribution in [-0.4, -0.2) is 48.4 Å². The lowest BCUT2D eigenvalue weighted by Gasteiger charge is -2.24. The number of aryl methyl sites for hydroxylation is 1. The monoisotopic (exact) mass is 305 g/mol. The third-order valence-corrected chi connectivity index (χ3v) is 3.36. The van der Waals surface area contributed by atoms with Gasteiger partial charge in [0, 0.05) is 49.6 Å².